The summed E-state index contributed by atoms with van der Waals surface area (Å²) in [4.78, 5) is 34.2. The number of morpholine rings is 1. The number of likely N-dealkylation sites (tertiary alicyclic amines) is 1. The van der Waals surface area contributed by atoms with Gasteiger partial charge in [0.25, 0.3) is 11.8 Å². The van der Waals surface area contributed by atoms with Crippen LogP contribution in [0.5, 0.6) is 0 Å². The summed E-state index contributed by atoms with van der Waals surface area (Å²) >= 11 is 0. The standard InChI is InChI=1S/C23H30N4O4/c28-22(24-9-6-10-26-13-15-30-16-14-26)20-21(31-17-25-20)18-7-2-3-8-19(18)23(29)27-11-4-1-5-12-27/h2-3,7-8,17H,1,4-6,9-16H2,(H,24,28). The third-order valence-corrected chi connectivity index (χ3v) is 5.87. The molecule has 0 spiro atoms. The van der Waals surface area contributed by atoms with Crippen LogP contribution in [0.2, 0.25) is 0 Å². The van der Waals surface area contributed by atoms with Crippen LogP contribution in [0, 0.1) is 0 Å². The number of benzene rings is 1. The maximum atomic E-state index is 13.1. The lowest BCUT2D eigenvalue weighted by atomic mass is 10.0. The topological polar surface area (TPSA) is 87.9 Å². The number of nitrogens with one attached hydrogen (secondary N) is 1. The Morgan fingerprint density at radius 3 is 2.61 bits per heavy atom. The van der Waals surface area contributed by atoms with Gasteiger partial charge in [-0.3, -0.25) is 14.5 Å². The summed E-state index contributed by atoms with van der Waals surface area (Å²) in [6.45, 7) is 6.40. The number of aromatic nitrogens is 1. The van der Waals surface area contributed by atoms with Gasteiger partial charge in [-0.15, -0.1) is 0 Å². The monoisotopic (exact) mass is 426 g/mol. The van der Waals surface area contributed by atoms with Crippen molar-refractivity contribution in [3.8, 4) is 11.3 Å². The van der Waals surface area contributed by atoms with Crippen molar-refractivity contribution in [2.24, 2.45) is 0 Å². The molecule has 0 atom stereocenters. The van der Waals surface area contributed by atoms with E-state index in [1.165, 1.54) is 6.39 Å². The van der Waals surface area contributed by atoms with Gasteiger partial charge in [-0.2, -0.15) is 0 Å². The van der Waals surface area contributed by atoms with Gasteiger partial charge < -0.3 is 19.4 Å². The Morgan fingerprint density at radius 2 is 1.81 bits per heavy atom. The van der Waals surface area contributed by atoms with Gasteiger partial charge in [0.2, 0.25) is 0 Å². The van der Waals surface area contributed by atoms with E-state index >= 15 is 0 Å². The van der Waals surface area contributed by atoms with Crippen LogP contribution in [-0.2, 0) is 4.74 Å². The van der Waals surface area contributed by atoms with E-state index in [1.807, 2.05) is 23.1 Å². The number of oxazole rings is 1. The molecule has 166 valence electrons. The lowest BCUT2D eigenvalue weighted by Gasteiger charge is -2.27. The van der Waals surface area contributed by atoms with Crippen molar-refractivity contribution in [1.82, 2.24) is 20.1 Å². The molecule has 3 heterocycles. The fourth-order valence-corrected chi connectivity index (χ4v) is 4.15. The summed E-state index contributed by atoms with van der Waals surface area (Å²) in [5.74, 6) is 0.0289. The number of carbonyl (C=O) groups excluding carboxylic acids is 2. The molecule has 1 aromatic carbocycles. The molecule has 0 radical (unpaired) electrons. The summed E-state index contributed by atoms with van der Waals surface area (Å²) in [5, 5.41) is 2.93. The zero-order valence-electron chi connectivity index (χ0n) is 17.8. The molecule has 0 saturated carbocycles. The second kappa shape index (κ2) is 10.5. The Balaban J connectivity index is 1.42. The lowest BCUT2D eigenvalue weighted by molar-refractivity contribution is 0.0374. The second-order valence-electron chi connectivity index (χ2n) is 7.99. The van der Waals surface area contributed by atoms with Crippen molar-refractivity contribution in [3.05, 3.63) is 41.9 Å². The predicted molar refractivity (Wildman–Crippen MR) is 116 cm³/mol. The molecule has 0 aliphatic carbocycles. The van der Waals surface area contributed by atoms with Crippen molar-refractivity contribution >= 4 is 11.8 Å². The number of carbonyl (C=O) groups is 2. The molecule has 2 aliphatic rings. The molecule has 2 aliphatic heterocycles. The van der Waals surface area contributed by atoms with E-state index in [0.29, 0.717) is 23.4 Å². The fourth-order valence-electron chi connectivity index (χ4n) is 4.15. The van der Waals surface area contributed by atoms with Gasteiger partial charge in [0, 0.05) is 38.3 Å². The van der Waals surface area contributed by atoms with Gasteiger partial charge in [0.15, 0.2) is 17.8 Å². The number of hydrogen-bond acceptors (Lipinski definition) is 6. The molecule has 2 aromatic rings. The van der Waals surface area contributed by atoms with E-state index in [4.69, 9.17) is 9.15 Å². The first-order valence-corrected chi connectivity index (χ1v) is 11.1. The normalized spacial score (nSPS) is 17.5. The van der Waals surface area contributed by atoms with Crippen LogP contribution in [0.15, 0.2) is 35.1 Å². The highest BCUT2D eigenvalue weighted by Crippen LogP contribution is 2.28. The zero-order chi connectivity index (χ0) is 21.5. The molecule has 4 rings (SSSR count). The van der Waals surface area contributed by atoms with Crippen LogP contribution < -0.4 is 5.32 Å². The minimum Gasteiger partial charge on any atom is -0.443 e. The first-order chi connectivity index (χ1) is 15.2. The van der Waals surface area contributed by atoms with Crippen LogP contribution >= 0.6 is 0 Å². The summed E-state index contributed by atoms with van der Waals surface area (Å²) in [6.07, 6.45) is 5.31. The Morgan fingerprint density at radius 1 is 1.03 bits per heavy atom. The van der Waals surface area contributed by atoms with Crippen LogP contribution in [0.25, 0.3) is 11.3 Å². The number of ether oxygens (including phenoxy) is 1. The minimum atomic E-state index is -0.286. The van der Waals surface area contributed by atoms with Gasteiger partial charge in [-0.1, -0.05) is 18.2 Å². The summed E-state index contributed by atoms with van der Waals surface area (Å²) in [6, 6.07) is 7.28. The SMILES string of the molecule is O=C(NCCCN1CCOCC1)c1ncoc1-c1ccccc1C(=O)N1CCCCC1. The van der Waals surface area contributed by atoms with Crippen molar-refractivity contribution < 1.29 is 18.7 Å². The molecule has 1 aromatic heterocycles. The van der Waals surface area contributed by atoms with Gasteiger partial charge >= 0.3 is 0 Å². The van der Waals surface area contributed by atoms with E-state index in [2.05, 4.69) is 15.2 Å². The molecular formula is C23H30N4O4. The molecular weight excluding hydrogens is 396 g/mol. The molecule has 2 saturated heterocycles. The zero-order valence-corrected chi connectivity index (χ0v) is 17.8. The number of rotatable bonds is 7. The van der Waals surface area contributed by atoms with E-state index in [9.17, 15) is 9.59 Å². The van der Waals surface area contributed by atoms with Crippen LogP contribution in [-0.4, -0.2) is 79.1 Å². The fraction of sp³-hybridized carbons (Fsp3) is 0.522. The summed E-state index contributed by atoms with van der Waals surface area (Å²) < 4.78 is 10.9. The van der Waals surface area contributed by atoms with Crippen molar-refractivity contribution in [2.75, 3.05) is 52.5 Å². The second-order valence-corrected chi connectivity index (χ2v) is 7.99. The third kappa shape index (κ3) is 5.32. The first-order valence-electron chi connectivity index (χ1n) is 11.1. The summed E-state index contributed by atoms with van der Waals surface area (Å²) in [7, 11) is 0. The maximum absolute atomic E-state index is 13.1. The molecule has 8 nitrogen and oxygen atoms in total. The lowest BCUT2D eigenvalue weighted by Crippen LogP contribution is -2.38. The Labute approximate surface area is 182 Å². The third-order valence-electron chi connectivity index (χ3n) is 5.87. The van der Waals surface area contributed by atoms with Gasteiger partial charge in [-0.25, -0.2) is 4.98 Å². The molecule has 2 amide bonds. The molecule has 2 fully saturated rings. The van der Waals surface area contributed by atoms with Gasteiger partial charge in [0.05, 0.1) is 18.8 Å². The Hall–Kier alpha value is -2.71. The van der Waals surface area contributed by atoms with Gasteiger partial charge in [0.1, 0.15) is 0 Å². The summed E-state index contributed by atoms with van der Waals surface area (Å²) in [5.41, 5.74) is 1.36. The highest BCUT2D eigenvalue weighted by Gasteiger charge is 2.25. The van der Waals surface area contributed by atoms with Crippen molar-refractivity contribution in [3.63, 3.8) is 0 Å². The van der Waals surface area contributed by atoms with Crippen molar-refractivity contribution in [1.29, 1.82) is 0 Å². The molecule has 0 unspecified atom stereocenters. The average molecular weight is 427 g/mol. The van der Waals surface area contributed by atoms with E-state index in [1.54, 1.807) is 6.07 Å². The van der Waals surface area contributed by atoms with E-state index < -0.39 is 0 Å². The minimum absolute atomic E-state index is 0.0245. The van der Waals surface area contributed by atoms with Crippen molar-refractivity contribution in [2.45, 2.75) is 25.7 Å². The predicted octanol–water partition coefficient (Wildman–Crippen LogP) is 2.42. The number of nitrogens with zero attached hydrogens (tertiary/aromatic N) is 3. The van der Waals surface area contributed by atoms with Crippen LogP contribution in [0.4, 0.5) is 0 Å². The maximum Gasteiger partial charge on any atom is 0.273 e. The van der Waals surface area contributed by atoms with E-state index in [0.717, 1.165) is 71.6 Å². The Kier molecular flexibility index (Phi) is 7.32. The van der Waals surface area contributed by atoms with E-state index in [-0.39, 0.29) is 17.5 Å². The number of hydrogen-bond donors (Lipinski definition) is 1. The molecule has 1 N–H and O–H groups in total. The highest BCUT2D eigenvalue weighted by atomic mass is 16.5. The molecule has 0 bridgehead atoms. The molecule has 31 heavy (non-hydrogen) atoms. The number of amides is 2. The highest BCUT2D eigenvalue weighted by molar-refractivity contribution is 6.04. The van der Waals surface area contributed by atoms with Gasteiger partial charge in [-0.05, 0) is 38.3 Å². The van der Waals surface area contributed by atoms with Crippen LogP contribution in [0.3, 0.4) is 0 Å². The molecule has 8 heteroatoms. The Bertz CT molecular complexity index is 885. The van der Waals surface area contributed by atoms with Crippen LogP contribution in [0.1, 0.15) is 46.5 Å². The average Bonchev–Trinajstić information content (AvgIpc) is 3.32. The number of piperidine rings is 1. The first kappa shape index (κ1) is 21.5. The largest absolute Gasteiger partial charge is 0.443 e. The quantitative estimate of drug-likeness (QED) is 0.684. The smallest absolute Gasteiger partial charge is 0.273 e.